The summed E-state index contributed by atoms with van der Waals surface area (Å²) in [5, 5.41) is 12.4. The van der Waals surface area contributed by atoms with Crippen molar-refractivity contribution in [3.05, 3.63) is 47.9 Å². The van der Waals surface area contributed by atoms with Crippen molar-refractivity contribution in [3.63, 3.8) is 0 Å². The minimum Gasteiger partial charge on any atom is -0.349 e. The van der Waals surface area contributed by atoms with Crippen LogP contribution >= 0.6 is 0 Å². The number of aromatic nitrogens is 4. The summed E-state index contributed by atoms with van der Waals surface area (Å²) in [7, 11) is 0. The number of pyridine rings is 1. The lowest BCUT2D eigenvalue weighted by Crippen LogP contribution is -2.40. The van der Waals surface area contributed by atoms with Crippen molar-refractivity contribution in [1.29, 1.82) is 0 Å². The molecule has 2 aromatic heterocycles. The maximum Gasteiger partial charge on any atom is 0.273 e. The Bertz CT molecular complexity index is 977. The van der Waals surface area contributed by atoms with Crippen molar-refractivity contribution in [2.75, 3.05) is 26.2 Å². The van der Waals surface area contributed by atoms with Gasteiger partial charge in [-0.1, -0.05) is 30.3 Å². The highest BCUT2D eigenvalue weighted by Crippen LogP contribution is 2.21. The van der Waals surface area contributed by atoms with Gasteiger partial charge in [0.25, 0.3) is 5.91 Å². The van der Waals surface area contributed by atoms with Crippen LogP contribution in [-0.2, 0) is 0 Å². The van der Waals surface area contributed by atoms with Gasteiger partial charge in [-0.3, -0.25) is 9.78 Å². The lowest BCUT2D eigenvalue weighted by Gasteiger charge is -2.30. The highest BCUT2D eigenvalue weighted by molar-refractivity contribution is 5.93. The summed E-state index contributed by atoms with van der Waals surface area (Å²) < 4.78 is 1.69. The summed E-state index contributed by atoms with van der Waals surface area (Å²) in [4.78, 5) is 19.5. The quantitative estimate of drug-likeness (QED) is 0.738. The highest BCUT2D eigenvalue weighted by atomic mass is 16.2. The first kappa shape index (κ1) is 18.6. The van der Waals surface area contributed by atoms with E-state index in [0.717, 1.165) is 42.1 Å². The molecule has 0 saturated carbocycles. The molecule has 0 aliphatic carbocycles. The normalized spacial score (nSPS) is 17.7. The molecule has 1 fully saturated rings. The number of fused-ring (bicyclic) bond motifs is 1. The van der Waals surface area contributed by atoms with Gasteiger partial charge in [-0.25, -0.2) is 4.68 Å². The molecule has 0 bridgehead atoms. The zero-order valence-corrected chi connectivity index (χ0v) is 16.4. The zero-order valence-electron chi connectivity index (χ0n) is 16.4. The molecule has 4 rings (SSSR count). The zero-order chi connectivity index (χ0) is 19.5. The minimum atomic E-state index is -0.179. The molecule has 1 N–H and O–H groups in total. The van der Waals surface area contributed by atoms with E-state index in [-0.39, 0.29) is 5.91 Å². The van der Waals surface area contributed by atoms with Crippen LogP contribution in [0.4, 0.5) is 0 Å². The molecule has 7 heteroatoms. The van der Waals surface area contributed by atoms with Gasteiger partial charge in [0.05, 0.1) is 16.9 Å². The van der Waals surface area contributed by atoms with Gasteiger partial charge in [-0.2, -0.15) is 0 Å². The average Bonchev–Trinajstić information content (AvgIpc) is 3.09. The van der Waals surface area contributed by atoms with Crippen LogP contribution in [0, 0.1) is 12.8 Å². The molecule has 28 heavy (non-hydrogen) atoms. The first-order valence-electron chi connectivity index (χ1n) is 9.90. The van der Waals surface area contributed by atoms with Crippen LogP contribution in [0.5, 0.6) is 0 Å². The number of hydrogen-bond donors (Lipinski definition) is 1. The van der Waals surface area contributed by atoms with Crippen LogP contribution in [0.2, 0.25) is 0 Å². The third-order valence-corrected chi connectivity index (χ3v) is 5.40. The second-order valence-electron chi connectivity index (χ2n) is 7.59. The first-order valence-corrected chi connectivity index (χ1v) is 9.90. The van der Waals surface area contributed by atoms with E-state index in [0.29, 0.717) is 17.9 Å². The van der Waals surface area contributed by atoms with Gasteiger partial charge < -0.3 is 10.2 Å². The molecule has 146 valence electrons. The van der Waals surface area contributed by atoms with Crippen molar-refractivity contribution >= 4 is 16.8 Å². The first-order chi connectivity index (χ1) is 13.6. The number of rotatable bonds is 5. The van der Waals surface area contributed by atoms with Crippen LogP contribution in [0.15, 0.2) is 36.5 Å². The van der Waals surface area contributed by atoms with Crippen molar-refractivity contribution in [1.82, 2.24) is 30.2 Å². The number of hydrogen-bond acceptors (Lipinski definition) is 5. The fraction of sp³-hybridized carbons (Fsp3) is 0.429. The van der Waals surface area contributed by atoms with E-state index in [4.69, 9.17) is 0 Å². The minimum absolute atomic E-state index is 0.179. The van der Waals surface area contributed by atoms with E-state index in [9.17, 15) is 4.79 Å². The monoisotopic (exact) mass is 378 g/mol. The number of nitrogens with one attached hydrogen (secondary N) is 1. The summed E-state index contributed by atoms with van der Waals surface area (Å²) in [5.74, 6) is 0.558. The Labute approximate surface area is 164 Å². The second-order valence-corrected chi connectivity index (χ2v) is 7.59. The Balaban J connectivity index is 1.46. The molecule has 1 aliphatic heterocycles. The molecule has 1 amide bonds. The van der Waals surface area contributed by atoms with Gasteiger partial charge in [0.2, 0.25) is 0 Å². The molecular formula is C21H26N6O. The molecule has 0 unspecified atom stereocenters. The molecule has 1 aromatic carbocycles. The Hall–Kier alpha value is -2.80. The molecule has 0 spiro atoms. The highest BCUT2D eigenvalue weighted by Gasteiger charge is 2.20. The summed E-state index contributed by atoms with van der Waals surface area (Å²) >= 11 is 0. The van der Waals surface area contributed by atoms with E-state index >= 15 is 0 Å². The van der Waals surface area contributed by atoms with Crippen LogP contribution in [-0.4, -0.2) is 57.0 Å². The Morgan fingerprint density at radius 2 is 2.14 bits per heavy atom. The van der Waals surface area contributed by atoms with Gasteiger partial charge in [0.1, 0.15) is 0 Å². The Kier molecular flexibility index (Phi) is 5.34. The SMILES string of the molecule is Cc1c(C(=O)NCCN2CCC[C@@H](C)C2)nnn1-c1cccc2cccnc12. The van der Waals surface area contributed by atoms with E-state index in [1.54, 1.807) is 10.9 Å². The van der Waals surface area contributed by atoms with Gasteiger partial charge >= 0.3 is 0 Å². The number of carbonyl (C=O) groups is 1. The standard InChI is InChI=1S/C21H26N6O/c1-15-6-5-12-26(14-15)13-11-23-21(28)19-16(2)27(25-24-19)18-9-3-7-17-8-4-10-22-20(17)18/h3-4,7-10,15H,5-6,11-14H2,1-2H3,(H,23,28)/t15-/m1/s1. The second kappa shape index (κ2) is 8.06. The fourth-order valence-corrected chi connectivity index (χ4v) is 3.93. The van der Waals surface area contributed by atoms with Gasteiger partial charge in [-0.15, -0.1) is 5.10 Å². The molecule has 1 aliphatic rings. The molecule has 1 saturated heterocycles. The van der Waals surface area contributed by atoms with Gasteiger partial charge in [0, 0.05) is 31.2 Å². The maximum absolute atomic E-state index is 12.6. The van der Waals surface area contributed by atoms with E-state index in [1.165, 1.54) is 12.8 Å². The fourth-order valence-electron chi connectivity index (χ4n) is 3.93. The Morgan fingerprint density at radius 1 is 1.29 bits per heavy atom. The van der Waals surface area contributed by atoms with E-state index < -0.39 is 0 Å². The third-order valence-electron chi connectivity index (χ3n) is 5.40. The number of carbonyl (C=O) groups excluding carboxylic acids is 1. The van der Waals surface area contributed by atoms with Crippen LogP contribution in [0.1, 0.15) is 35.9 Å². The lowest BCUT2D eigenvalue weighted by molar-refractivity contribution is 0.0938. The molecule has 0 radical (unpaired) electrons. The summed E-state index contributed by atoms with van der Waals surface area (Å²) in [6.45, 7) is 7.87. The number of piperidine rings is 1. The molecule has 1 atom stereocenters. The average molecular weight is 378 g/mol. The third kappa shape index (κ3) is 3.75. The van der Waals surface area contributed by atoms with Crippen molar-refractivity contribution in [2.24, 2.45) is 5.92 Å². The van der Waals surface area contributed by atoms with Crippen molar-refractivity contribution in [3.8, 4) is 5.69 Å². The molecule has 3 aromatic rings. The van der Waals surface area contributed by atoms with Gasteiger partial charge in [0.15, 0.2) is 5.69 Å². The predicted molar refractivity (Wildman–Crippen MR) is 109 cm³/mol. The van der Waals surface area contributed by atoms with Crippen LogP contribution < -0.4 is 5.32 Å². The number of nitrogens with zero attached hydrogens (tertiary/aromatic N) is 5. The molecular weight excluding hydrogens is 352 g/mol. The largest absolute Gasteiger partial charge is 0.349 e. The van der Waals surface area contributed by atoms with Crippen molar-refractivity contribution in [2.45, 2.75) is 26.7 Å². The number of benzene rings is 1. The number of para-hydroxylation sites is 1. The topological polar surface area (TPSA) is 75.9 Å². The summed E-state index contributed by atoms with van der Waals surface area (Å²) in [6.07, 6.45) is 4.29. The predicted octanol–water partition coefficient (Wildman–Crippen LogP) is 2.59. The number of amides is 1. The van der Waals surface area contributed by atoms with Crippen LogP contribution in [0.25, 0.3) is 16.6 Å². The summed E-state index contributed by atoms with van der Waals surface area (Å²) in [5.41, 5.74) is 2.73. The smallest absolute Gasteiger partial charge is 0.273 e. The maximum atomic E-state index is 12.6. The summed E-state index contributed by atoms with van der Waals surface area (Å²) in [6, 6.07) is 9.82. The van der Waals surface area contributed by atoms with E-state index in [2.05, 4.69) is 32.4 Å². The van der Waals surface area contributed by atoms with Gasteiger partial charge in [-0.05, 0) is 44.4 Å². The van der Waals surface area contributed by atoms with E-state index in [1.807, 2.05) is 37.3 Å². The van der Waals surface area contributed by atoms with Crippen LogP contribution in [0.3, 0.4) is 0 Å². The number of likely N-dealkylation sites (tertiary alicyclic amines) is 1. The Morgan fingerprint density at radius 3 is 3.00 bits per heavy atom. The lowest BCUT2D eigenvalue weighted by atomic mass is 10.0. The molecule has 3 heterocycles. The molecule has 7 nitrogen and oxygen atoms in total. The van der Waals surface area contributed by atoms with Crippen molar-refractivity contribution < 1.29 is 4.79 Å².